The van der Waals surface area contributed by atoms with E-state index in [-0.39, 0.29) is 17.0 Å². The first-order chi connectivity index (χ1) is 13.6. The molecule has 0 amide bonds. The summed E-state index contributed by atoms with van der Waals surface area (Å²) in [4.78, 5) is 2.08. The fourth-order valence-electron chi connectivity index (χ4n) is 4.37. The molecule has 2 aliphatic rings. The van der Waals surface area contributed by atoms with Crippen LogP contribution in [0.1, 0.15) is 36.8 Å². The van der Waals surface area contributed by atoms with Gasteiger partial charge >= 0.3 is 0 Å². The lowest BCUT2D eigenvalue weighted by Crippen LogP contribution is -2.47. The molecule has 0 spiro atoms. The summed E-state index contributed by atoms with van der Waals surface area (Å²) in [5, 5.41) is 12.0. The predicted octanol–water partition coefficient (Wildman–Crippen LogP) is 4.24. The second-order valence-corrected chi connectivity index (χ2v) is 7.70. The highest BCUT2D eigenvalue weighted by Gasteiger charge is 2.54. The van der Waals surface area contributed by atoms with Crippen molar-refractivity contribution in [3.05, 3.63) is 53.6 Å². The fourth-order valence-corrected chi connectivity index (χ4v) is 4.37. The van der Waals surface area contributed by atoms with Crippen LogP contribution >= 0.6 is 17.0 Å². The number of ether oxygens (including phenoxy) is 2. The number of aliphatic hydroxyl groups is 1. The van der Waals surface area contributed by atoms with Crippen LogP contribution in [0.2, 0.25) is 0 Å². The molecule has 0 radical (unpaired) electrons. The van der Waals surface area contributed by atoms with Gasteiger partial charge in [0.15, 0.2) is 18.0 Å². The molecule has 29 heavy (non-hydrogen) atoms. The molecule has 1 unspecified atom stereocenters. The summed E-state index contributed by atoms with van der Waals surface area (Å²) in [7, 11) is 3.31. The van der Waals surface area contributed by atoms with Crippen molar-refractivity contribution in [2.75, 3.05) is 32.2 Å². The minimum atomic E-state index is -1.14. The zero-order valence-electron chi connectivity index (χ0n) is 17.4. The molecule has 156 valence electrons. The number of methoxy groups -OCH3 is 2. The maximum absolute atomic E-state index is 12.0. The second kappa shape index (κ2) is 8.76. The molecular formula is C23H30BrN2O3+. The van der Waals surface area contributed by atoms with Crippen LogP contribution in [0, 0.1) is 6.92 Å². The SMILES string of the molecule is Br.COc1ccc(N2C3=[N+](CCCCC3)CC2(O)c2ccc(C)cc2)c(OC)c1. The predicted molar refractivity (Wildman–Crippen MR) is 121 cm³/mol. The standard InChI is InChI=1S/C23H29N2O3.BrH/c1-17-8-10-18(11-9-17)23(26)16-24-14-6-4-5-7-22(24)25(23)20-13-12-19(27-2)15-21(20)28-3;/h8-13,15,26H,4-7,14,16H2,1-3H3;1H/q+1;. The van der Waals surface area contributed by atoms with Gasteiger partial charge in [0, 0.05) is 18.1 Å². The topological polar surface area (TPSA) is 44.9 Å². The van der Waals surface area contributed by atoms with E-state index in [2.05, 4.69) is 28.5 Å². The molecule has 0 saturated carbocycles. The number of hydrogen-bond donors (Lipinski definition) is 1. The largest absolute Gasteiger partial charge is 0.497 e. The van der Waals surface area contributed by atoms with Crippen molar-refractivity contribution in [3.63, 3.8) is 0 Å². The van der Waals surface area contributed by atoms with E-state index in [1.165, 1.54) is 17.8 Å². The van der Waals surface area contributed by atoms with E-state index in [1.54, 1.807) is 14.2 Å². The van der Waals surface area contributed by atoms with Crippen LogP contribution in [0.4, 0.5) is 5.69 Å². The smallest absolute Gasteiger partial charge is 0.275 e. The first-order valence-corrected chi connectivity index (χ1v) is 9.99. The summed E-state index contributed by atoms with van der Waals surface area (Å²) in [5.41, 5.74) is 1.81. The Kier molecular flexibility index (Phi) is 6.54. The Hall–Kier alpha value is -2.05. The van der Waals surface area contributed by atoms with E-state index in [0.717, 1.165) is 42.8 Å². The van der Waals surface area contributed by atoms with Gasteiger partial charge in [-0.3, -0.25) is 4.58 Å². The molecule has 2 aromatic rings. The number of halogens is 1. The summed E-state index contributed by atoms with van der Waals surface area (Å²) in [6.45, 7) is 3.59. The number of rotatable bonds is 4. The highest BCUT2D eigenvalue weighted by molar-refractivity contribution is 8.93. The molecule has 0 bridgehead atoms. The first kappa shape index (κ1) is 21.7. The monoisotopic (exact) mass is 461 g/mol. The summed E-state index contributed by atoms with van der Waals surface area (Å²) in [5.74, 6) is 2.61. The minimum absolute atomic E-state index is 0. The third kappa shape index (κ3) is 3.88. The summed E-state index contributed by atoms with van der Waals surface area (Å²) in [6.07, 6.45) is 4.45. The Morgan fingerprint density at radius 2 is 1.76 bits per heavy atom. The van der Waals surface area contributed by atoms with Crippen LogP contribution in [0.15, 0.2) is 42.5 Å². The lowest BCUT2D eigenvalue weighted by atomic mass is 9.98. The van der Waals surface area contributed by atoms with Crippen molar-refractivity contribution < 1.29 is 19.2 Å². The molecular weight excluding hydrogens is 432 g/mol. The highest BCUT2D eigenvalue weighted by atomic mass is 79.9. The van der Waals surface area contributed by atoms with Crippen LogP contribution in [0.5, 0.6) is 11.5 Å². The van der Waals surface area contributed by atoms with Gasteiger partial charge in [-0.05, 0) is 38.3 Å². The third-order valence-corrected chi connectivity index (χ3v) is 5.87. The van der Waals surface area contributed by atoms with E-state index in [4.69, 9.17) is 9.47 Å². The summed E-state index contributed by atoms with van der Waals surface area (Å²) >= 11 is 0. The number of aryl methyl sites for hydroxylation is 1. The van der Waals surface area contributed by atoms with Gasteiger partial charge in [0.1, 0.15) is 5.75 Å². The maximum Gasteiger partial charge on any atom is 0.275 e. The normalized spacial score (nSPS) is 21.3. The van der Waals surface area contributed by atoms with Crippen LogP contribution in [0.3, 0.4) is 0 Å². The van der Waals surface area contributed by atoms with E-state index in [1.807, 2.05) is 30.3 Å². The van der Waals surface area contributed by atoms with Crippen molar-refractivity contribution in [3.8, 4) is 11.5 Å². The lowest BCUT2D eigenvalue weighted by Gasteiger charge is -2.30. The Bertz CT molecular complexity index is 897. The van der Waals surface area contributed by atoms with Gasteiger partial charge in [0.25, 0.3) is 11.6 Å². The Morgan fingerprint density at radius 1 is 1.00 bits per heavy atom. The van der Waals surface area contributed by atoms with Gasteiger partial charge in [-0.1, -0.05) is 29.8 Å². The van der Waals surface area contributed by atoms with Gasteiger partial charge in [0.05, 0.1) is 20.8 Å². The molecule has 0 aliphatic carbocycles. The molecule has 2 aliphatic heterocycles. The molecule has 1 atom stereocenters. The quantitative estimate of drug-likeness (QED) is 0.691. The first-order valence-electron chi connectivity index (χ1n) is 9.99. The number of hydrogen-bond acceptors (Lipinski definition) is 4. The van der Waals surface area contributed by atoms with E-state index >= 15 is 0 Å². The second-order valence-electron chi connectivity index (χ2n) is 7.70. The van der Waals surface area contributed by atoms with Crippen molar-refractivity contribution in [1.29, 1.82) is 0 Å². The van der Waals surface area contributed by atoms with Gasteiger partial charge in [0.2, 0.25) is 0 Å². The Morgan fingerprint density at radius 3 is 2.45 bits per heavy atom. The van der Waals surface area contributed by atoms with Gasteiger partial charge in [-0.25, -0.2) is 0 Å². The molecule has 6 heteroatoms. The molecule has 0 saturated heterocycles. The molecule has 5 nitrogen and oxygen atoms in total. The molecule has 4 rings (SSSR count). The summed E-state index contributed by atoms with van der Waals surface area (Å²) in [6, 6.07) is 14.0. The average molecular weight is 462 g/mol. The number of benzene rings is 2. The molecule has 0 fully saturated rings. The van der Waals surface area contributed by atoms with Gasteiger partial charge in [-0.15, -0.1) is 17.0 Å². The number of nitrogens with zero attached hydrogens (tertiary/aromatic N) is 2. The summed E-state index contributed by atoms with van der Waals surface area (Å²) < 4.78 is 13.4. The maximum atomic E-state index is 12.0. The fraction of sp³-hybridized carbons (Fsp3) is 0.435. The minimum Gasteiger partial charge on any atom is -0.497 e. The van der Waals surface area contributed by atoms with Crippen LogP contribution in [0.25, 0.3) is 0 Å². The van der Waals surface area contributed by atoms with Crippen LogP contribution in [-0.2, 0) is 5.72 Å². The third-order valence-electron chi connectivity index (χ3n) is 5.87. The van der Waals surface area contributed by atoms with E-state index in [0.29, 0.717) is 12.3 Å². The van der Waals surface area contributed by atoms with E-state index in [9.17, 15) is 5.11 Å². The zero-order valence-corrected chi connectivity index (χ0v) is 19.1. The molecule has 1 N–H and O–H groups in total. The van der Waals surface area contributed by atoms with Crippen LogP contribution < -0.4 is 14.4 Å². The van der Waals surface area contributed by atoms with Crippen molar-refractivity contribution in [1.82, 2.24) is 0 Å². The number of anilines is 1. The zero-order chi connectivity index (χ0) is 19.7. The number of amidine groups is 1. The van der Waals surface area contributed by atoms with Crippen molar-refractivity contribution >= 4 is 28.5 Å². The van der Waals surface area contributed by atoms with E-state index < -0.39 is 5.72 Å². The average Bonchev–Trinajstić information content (AvgIpc) is 2.84. The van der Waals surface area contributed by atoms with Gasteiger partial charge in [-0.2, -0.15) is 4.90 Å². The Balaban J connectivity index is 0.00000240. The Labute approximate surface area is 183 Å². The van der Waals surface area contributed by atoms with Gasteiger partial charge < -0.3 is 14.6 Å². The highest BCUT2D eigenvalue weighted by Crippen LogP contribution is 2.43. The molecule has 2 heterocycles. The van der Waals surface area contributed by atoms with Crippen molar-refractivity contribution in [2.24, 2.45) is 0 Å². The molecule has 0 aromatic heterocycles. The van der Waals surface area contributed by atoms with Crippen LogP contribution in [-0.4, -0.2) is 42.8 Å². The molecule has 2 aromatic carbocycles. The van der Waals surface area contributed by atoms with Crippen molar-refractivity contribution in [2.45, 2.75) is 38.3 Å². The lowest BCUT2D eigenvalue weighted by molar-refractivity contribution is -0.534.